The smallest absolute Gasteiger partial charge is 0.275 e. The minimum Gasteiger partial charge on any atom is -0.480 e. The predicted molar refractivity (Wildman–Crippen MR) is 142 cm³/mol. The van der Waals surface area contributed by atoms with E-state index in [4.69, 9.17) is 24.9 Å². The van der Waals surface area contributed by atoms with Crippen molar-refractivity contribution in [1.82, 2.24) is 9.97 Å². The molecule has 3 aliphatic heterocycles. The minimum absolute atomic E-state index is 0.132. The average Bonchev–Trinajstić information content (AvgIpc) is 2.94. The molecular formula is C27H24FN5O4S. The lowest BCUT2D eigenvalue weighted by Gasteiger charge is -2.40. The van der Waals surface area contributed by atoms with Crippen LogP contribution in [0.3, 0.4) is 0 Å². The topological polar surface area (TPSA) is 121 Å². The van der Waals surface area contributed by atoms with Crippen LogP contribution in [0.2, 0.25) is 0 Å². The molecule has 4 heterocycles. The molecule has 0 radical (unpaired) electrons. The summed E-state index contributed by atoms with van der Waals surface area (Å²) in [5.74, 6) is 0.699. The van der Waals surface area contributed by atoms with Gasteiger partial charge in [0.15, 0.2) is 16.7 Å². The van der Waals surface area contributed by atoms with Crippen LogP contribution in [0.25, 0.3) is 5.57 Å². The number of nitrogens with zero attached hydrogens (tertiary/aromatic N) is 3. The number of nitrogens with two attached hydrogens (primary N) is 1. The van der Waals surface area contributed by atoms with E-state index < -0.39 is 17.3 Å². The number of aromatic nitrogens is 2. The first kappa shape index (κ1) is 24.4. The van der Waals surface area contributed by atoms with Gasteiger partial charge in [-0.1, -0.05) is 17.8 Å². The number of amidine groups is 1. The third-order valence-corrected chi connectivity index (χ3v) is 7.60. The number of anilines is 1. The van der Waals surface area contributed by atoms with E-state index >= 15 is 4.39 Å². The number of hydrogen-bond acceptors (Lipinski definition) is 9. The molecule has 194 valence electrons. The number of halogens is 1. The van der Waals surface area contributed by atoms with Gasteiger partial charge < -0.3 is 25.3 Å². The maximum Gasteiger partial charge on any atom is 0.275 e. The number of carbonyl (C=O) groups is 1. The summed E-state index contributed by atoms with van der Waals surface area (Å²) in [5.41, 5.74) is 9.01. The summed E-state index contributed by atoms with van der Waals surface area (Å²) in [4.78, 5) is 25.9. The standard InChI is InChI=1S/C27H24FN5O4S/c1-35-23-14-30-21(13-31-23)25(34)32-17-2-3-22-18(12-17)27(6-9-38-26(29)33-27)19-10-16(11-20(28)24(19)37-22)15-4-7-36-8-5-15/h2-4,10-14H,5-9H2,1H3,(H2,29,33)(H,32,34)/t27-/m0/s1. The number of carbonyl (C=O) groups excluding carboxylic acids is 1. The van der Waals surface area contributed by atoms with Crippen LogP contribution in [-0.4, -0.2) is 47.1 Å². The first-order valence-electron chi connectivity index (χ1n) is 12.1. The van der Waals surface area contributed by atoms with Crippen LogP contribution < -0.4 is 20.5 Å². The number of thioether (sulfide) groups is 1. The SMILES string of the molecule is COc1cnc(C(=O)Nc2ccc3c(c2)[C@@]2(CCSC(N)=N2)c2cc(C4=CCOCC4)cc(F)c2O3)cn1. The zero-order valence-electron chi connectivity index (χ0n) is 20.5. The van der Waals surface area contributed by atoms with Crippen molar-refractivity contribution in [3.8, 4) is 17.4 Å². The Labute approximate surface area is 222 Å². The quantitative estimate of drug-likeness (QED) is 0.504. The van der Waals surface area contributed by atoms with Gasteiger partial charge in [0.1, 0.15) is 17.0 Å². The molecule has 0 fully saturated rings. The van der Waals surface area contributed by atoms with Gasteiger partial charge in [0.05, 0.1) is 32.7 Å². The molecule has 2 aromatic carbocycles. The normalized spacial score (nSPS) is 19.9. The van der Waals surface area contributed by atoms with Gasteiger partial charge in [-0.25, -0.2) is 19.4 Å². The van der Waals surface area contributed by atoms with E-state index in [0.29, 0.717) is 65.4 Å². The first-order chi connectivity index (χ1) is 18.5. The van der Waals surface area contributed by atoms with Crippen LogP contribution in [0.4, 0.5) is 10.1 Å². The molecule has 0 unspecified atom stereocenters. The van der Waals surface area contributed by atoms with E-state index in [0.717, 1.165) is 11.1 Å². The molecule has 0 aliphatic carbocycles. The van der Waals surface area contributed by atoms with Crippen molar-refractivity contribution in [2.24, 2.45) is 10.7 Å². The highest BCUT2D eigenvalue weighted by Gasteiger charge is 2.45. The Morgan fingerprint density at radius 3 is 2.84 bits per heavy atom. The Morgan fingerprint density at radius 1 is 1.21 bits per heavy atom. The number of hydrogen-bond donors (Lipinski definition) is 2. The number of nitrogens with one attached hydrogen (secondary N) is 1. The van der Waals surface area contributed by atoms with Crippen molar-refractivity contribution in [3.05, 3.63) is 77.0 Å². The van der Waals surface area contributed by atoms with E-state index in [9.17, 15) is 4.79 Å². The van der Waals surface area contributed by atoms with Crippen LogP contribution in [-0.2, 0) is 10.3 Å². The highest BCUT2D eigenvalue weighted by Crippen LogP contribution is 2.54. The first-order valence-corrected chi connectivity index (χ1v) is 13.0. The van der Waals surface area contributed by atoms with Gasteiger partial charge in [-0.2, -0.15) is 0 Å². The Hall–Kier alpha value is -3.96. The lowest BCUT2D eigenvalue weighted by atomic mass is 9.77. The summed E-state index contributed by atoms with van der Waals surface area (Å²) < 4.78 is 32.1. The van der Waals surface area contributed by atoms with Gasteiger partial charge in [0.25, 0.3) is 5.91 Å². The number of methoxy groups -OCH3 is 1. The molecule has 0 saturated carbocycles. The fourth-order valence-electron chi connectivity index (χ4n) is 4.96. The second kappa shape index (κ2) is 9.73. The minimum atomic E-state index is -0.971. The average molecular weight is 534 g/mol. The lowest BCUT2D eigenvalue weighted by molar-refractivity contribution is 0.102. The number of fused-ring (bicyclic) bond motifs is 4. The lowest BCUT2D eigenvalue weighted by Crippen LogP contribution is -2.36. The molecule has 3 aliphatic rings. The van der Waals surface area contributed by atoms with Gasteiger partial charge >= 0.3 is 0 Å². The van der Waals surface area contributed by atoms with Crippen LogP contribution in [0.1, 0.15) is 40.0 Å². The van der Waals surface area contributed by atoms with Gasteiger partial charge in [-0.05, 0) is 54.3 Å². The van der Waals surface area contributed by atoms with E-state index in [1.807, 2.05) is 12.1 Å². The molecule has 0 bridgehead atoms. The summed E-state index contributed by atoms with van der Waals surface area (Å²) in [6.07, 6.45) is 5.95. The number of benzene rings is 2. The monoisotopic (exact) mass is 533 g/mol. The van der Waals surface area contributed by atoms with Gasteiger partial charge in [-0.3, -0.25) is 4.79 Å². The Kier molecular flexibility index (Phi) is 6.24. The third-order valence-electron chi connectivity index (χ3n) is 6.80. The summed E-state index contributed by atoms with van der Waals surface area (Å²) in [5, 5.41) is 3.27. The van der Waals surface area contributed by atoms with Crippen LogP contribution in [0, 0.1) is 5.82 Å². The van der Waals surface area contributed by atoms with Crippen molar-refractivity contribution < 1.29 is 23.4 Å². The number of aliphatic imine (C=N–C) groups is 1. The Balaban J connectivity index is 1.43. The molecule has 0 saturated heterocycles. The highest BCUT2D eigenvalue weighted by atomic mass is 32.2. The second-order valence-electron chi connectivity index (χ2n) is 9.01. The summed E-state index contributed by atoms with van der Waals surface area (Å²) >= 11 is 1.46. The summed E-state index contributed by atoms with van der Waals surface area (Å²) in [6.45, 7) is 1.07. The maximum atomic E-state index is 15.6. The molecule has 3 aromatic rings. The molecule has 3 N–H and O–H groups in total. The Bertz CT molecular complexity index is 1490. The molecule has 1 aromatic heterocycles. The molecule has 1 amide bonds. The second-order valence-corrected chi connectivity index (χ2v) is 10.1. The number of ether oxygens (including phenoxy) is 3. The van der Waals surface area contributed by atoms with Crippen molar-refractivity contribution in [1.29, 1.82) is 0 Å². The van der Waals surface area contributed by atoms with Gasteiger partial charge in [0.2, 0.25) is 5.88 Å². The van der Waals surface area contributed by atoms with Crippen molar-refractivity contribution >= 4 is 34.1 Å². The van der Waals surface area contributed by atoms with E-state index in [1.165, 1.54) is 37.3 Å². The molecule has 38 heavy (non-hydrogen) atoms. The van der Waals surface area contributed by atoms with E-state index in [1.54, 1.807) is 18.2 Å². The molecule has 9 nitrogen and oxygen atoms in total. The maximum absolute atomic E-state index is 15.6. The van der Waals surface area contributed by atoms with Crippen molar-refractivity contribution in [2.75, 3.05) is 31.4 Å². The molecule has 11 heteroatoms. The molecule has 6 rings (SSSR count). The molecular weight excluding hydrogens is 509 g/mol. The summed E-state index contributed by atoms with van der Waals surface area (Å²) in [7, 11) is 1.47. The fraction of sp³-hybridized carbons (Fsp3) is 0.259. The van der Waals surface area contributed by atoms with Crippen LogP contribution >= 0.6 is 11.8 Å². The van der Waals surface area contributed by atoms with E-state index in [2.05, 4.69) is 15.3 Å². The fourth-order valence-corrected chi connectivity index (χ4v) is 5.78. The van der Waals surface area contributed by atoms with Crippen molar-refractivity contribution in [3.63, 3.8) is 0 Å². The van der Waals surface area contributed by atoms with E-state index in [-0.39, 0.29) is 11.4 Å². The largest absolute Gasteiger partial charge is 0.480 e. The zero-order valence-corrected chi connectivity index (χ0v) is 21.3. The van der Waals surface area contributed by atoms with Crippen LogP contribution in [0.15, 0.2) is 53.8 Å². The predicted octanol–water partition coefficient (Wildman–Crippen LogP) is 4.48. The molecule has 1 spiro atoms. The van der Waals surface area contributed by atoms with Crippen molar-refractivity contribution in [2.45, 2.75) is 18.4 Å². The summed E-state index contributed by atoms with van der Waals surface area (Å²) in [6, 6.07) is 8.65. The third kappa shape index (κ3) is 4.27. The highest BCUT2D eigenvalue weighted by molar-refractivity contribution is 8.13. The number of rotatable bonds is 4. The van der Waals surface area contributed by atoms with Crippen LogP contribution in [0.5, 0.6) is 17.4 Å². The Morgan fingerprint density at radius 2 is 2.11 bits per heavy atom. The zero-order chi connectivity index (χ0) is 26.3. The molecule has 1 atom stereocenters. The van der Waals surface area contributed by atoms with Gasteiger partial charge in [-0.15, -0.1) is 0 Å². The van der Waals surface area contributed by atoms with Gasteiger partial charge in [0, 0.05) is 22.6 Å². The number of amides is 1.